The fourth-order valence-corrected chi connectivity index (χ4v) is 0. The Morgan fingerprint density at radius 3 is 1.20 bits per heavy atom. The van der Waals surface area contributed by atoms with Gasteiger partial charge < -0.3 is 2.85 Å². The summed E-state index contributed by atoms with van der Waals surface area (Å²) in [5.41, 5.74) is 0. The van der Waals surface area contributed by atoms with Crippen molar-refractivity contribution in [2.24, 2.45) is 0 Å². The van der Waals surface area contributed by atoms with Gasteiger partial charge in [-0.2, -0.15) is 8.42 Å². The van der Waals surface area contributed by atoms with E-state index < -0.39 is 18.7 Å². The van der Waals surface area contributed by atoms with Crippen molar-refractivity contribution in [3.63, 3.8) is 0 Å². The number of hydrogen-bond acceptors (Lipinski definition) is 3. The molecular formula is H6CaO7PS+. The third-order valence-corrected chi connectivity index (χ3v) is 0. The predicted molar refractivity (Wildman–Crippen MR) is 34.2 cm³/mol. The minimum atomic E-state index is -4.67. The molecule has 10 heteroatoms. The summed E-state index contributed by atoms with van der Waals surface area (Å²) in [7, 11) is -7.54. The van der Waals surface area contributed by atoms with E-state index in [0.717, 1.165) is 0 Å². The van der Waals surface area contributed by atoms with Crippen LogP contribution in [-0.4, -0.2) is 65.0 Å². The molecule has 0 aromatic rings. The summed E-state index contributed by atoms with van der Waals surface area (Å²) in [6.45, 7) is 0. The van der Waals surface area contributed by atoms with Crippen LogP contribution in [0.1, 0.15) is 2.85 Å². The van der Waals surface area contributed by atoms with Gasteiger partial charge in [0.05, 0.1) is 0 Å². The van der Waals surface area contributed by atoms with Crippen molar-refractivity contribution in [3.8, 4) is 0 Å². The van der Waals surface area contributed by atoms with Crippen LogP contribution in [0.15, 0.2) is 0 Å². The number of hydrogen-bond donors (Lipinski definition) is 4. The van der Waals surface area contributed by atoms with Crippen LogP contribution >= 0.6 is 8.25 Å². The van der Waals surface area contributed by atoms with Crippen molar-refractivity contribution >= 4 is 56.4 Å². The monoisotopic (exact) mass is 221 g/mol. The van der Waals surface area contributed by atoms with Crippen LogP contribution in [0.2, 0.25) is 0 Å². The zero-order chi connectivity index (χ0) is 8.08. The topological polar surface area (TPSA) is 132 Å². The second-order valence-corrected chi connectivity index (χ2v) is 2.10. The minimum Gasteiger partial charge on any atom is -1.00 e. The molecule has 0 aromatic heterocycles. The molecule has 0 unspecified atom stereocenters. The molecule has 0 saturated carbocycles. The van der Waals surface area contributed by atoms with E-state index in [2.05, 4.69) is 0 Å². The molecule has 0 atom stereocenters. The average molecular weight is 221 g/mol. The first-order valence-corrected chi connectivity index (χ1v) is 3.84. The minimum absolute atomic E-state index is 0. The Labute approximate surface area is 90.6 Å². The van der Waals surface area contributed by atoms with Gasteiger partial charge in [-0.15, -0.1) is 9.79 Å². The molecule has 0 aromatic carbocycles. The number of rotatable bonds is 0. The molecule has 0 amide bonds. The van der Waals surface area contributed by atoms with Crippen LogP contribution in [0.4, 0.5) is 0 Å². The molecule has 0 rings (SSSR count). The van der Waals surface area contributed by atoms with Gasteiger partial charge in [0.2, 0.25) is 0 Å². The van der Waals surface area contributed by atoms with Gasteiger partial charge in [-0.05, 0) is 0 Å². The second-order valence-electron chi connectivity index (χ2n) is 0.701. The van der Waals surface area contributed by atoms with E-state index in [1.54, 1.807) is 0 Å². The van der Waals surface area contributed by atoms with Gasteiger partial charge >= 0.3 is 56.4 Å². The van der Waals surface area contributed by atoms with Crippen molar-refractivity contribution in [1.82, 2.24) is 0 Å². The molecule has 10 heavy (non-hydrogen) atoms. The zero-order valence-corrected chi connectivity index (χ0v) is 8.50. The summed E-state index contributed by atoms with van der Waals surface area (Å²) in [5.74, 6) is 0. The van der Waals surface area contributed by atoms with E-state index in [4.69, 9.17) is 31.9 Å². The average Bonchev–Trinajstić information content (AvgIpc) is 1.19. The second kappa shape index (κ2) is 8.25. The van der Waals surface area contributed by atoms with Crippen molar-refractivity contribution in [3.05, 3.63) is 0 Å². The van der Waals surface area contributed by atoms with Gasteiger partial charge in [-0.25, -0.2) is 0 Å². The molecule has 7 nitrogen and oxygen atoms in total. The van der Waals surface area contributed by atoms with Crippen LogP contribution in [0, 0.1) is 0 Å². The predicted octanol–water partition coefficient (Wildman–Crippen LogP) is -1.18. The summed E-state index contributed by atoms with van der Waals surface area (Å²) in [4.78, 5) is 14.2. The Bertz CT molecular complexity index is 164. The van der Waals surface area contributed by atoms with Crippen molar-refractivity contribution in [1.29, 1.82) is 0 Å². The first kappa shape index (κ1) is 17.3. The molecule has 0 heterocycles. The Morgan fingerprint density at radius 2 is 1.20 bits per heavy atom. The molecule has 60 valence electrons. The van der Waals surface area contributed by atoms with E-state index in [1.807, 2.05) is 0 Å². The Hall–Kier alpha value is 1.15. The van der Waals surface area contributed by atoms with E-state index in [-0.39, 0.29) is 40.6 Å². The van der Waals surface area contributed by atoms with E-state index in [1.165, 1.54) is 0 Å². The maximum atomic E-state index is 8.74. The van der Waals surface area contributed by atoms with Crippen molar-refractivity contribution in [2.45, 2.75) is 0 Å². The zero-order valence-electron chi connectivity index (χ0n) is 6.58. The molecule has 0 saturated heterocycles. The van der Waals surface area contributed by atoms with E-state index in [9.17, 15) is 0 Å². The molecule has 0 aliphatic carbocycles. The van der Waals surface area contributed by atoms with Gasteiger partial charge in [0, 0.05) is 4.57 Å². The van der Waals surface area contributed by atoms with Crippen molar-refractivity contribution < 1.29 is 34.7 Å². The smallest absolute Gasteiger partial charge is 1.00 e. The fraction of sp³-hybridized carbons (Fsp3) is 0. The summed E-state index contributed by atoms with van der Waals surface area (Å²) < 4.78 is 40.3. The van der Waals surface area contributed by atoms with Crippen LogP contribution in [0.25, 0.3) is 0 Å². The third kappa shape index (κ3) is 460. The molecular weight excluding hydrogens is 215 g/mol. The van der Waals surface area contributed by atoms with Gasteiger partial charge in [-0.1, -0.05) is 0 Å². The summed E-state index contributed by atoms with van der Waals surface area (Å²) in [6.07, 6.45) is 0. The van der Waals surface area contributed by atoms with Crippen LogP contribution < -0.4 is 0 Å². The van der Waals surface area contributed by atoms with Crippen LogP contribution in [-0.2, 0) is 15.0 Å². The van der Waals surface area contributed by atoms with Gasteiger partial charge in [0.15, 0.2) is 0 Å². The normalized spacial score (nSPS) is 8.40. The van der Waals surface area contributed by atoms with Gasteiger partial charge in [0.1, 0.15) is 0 Å². The molecule has 0 bridgehead atoms. The quantitative estimate of drug-likeness (QED) is 0.230. The maximum Gasteiger partial charge on any atom is 2.00 e. The van der Waals surface area contributed by atoms with Crippen LogP contribution in [0.3, 0.4) is 0 Å². The van der Waals surface area contributed by atoms with E-state index >= 15 is 0 Å². The third-order valence-electron chi connectivity index (χ3n) is 0. The van der Waals surface area contributed by atoms with Gasteiger partial charge in [0.25, 0.3) is 0 Å². The Balaban J connectivity index is -0.0000000221. The maximum absolute atomic E-state index is 8.74. The molecule has 0 fully saturated rings. The molecule has 4 N–H and O–H groups in total. The summed E-state index contributed by atoms with van der Waals surface area (Å²) in [6, 6.07) is 0. The molecule has 0 aliphatic heterocycles. The fourth-order valence-electron chi connectivity index (χ4n) is 0. The standard InChI is InChI=1S/Ca.H2O4S.HO3P.2H/c;1-5(2,3)4;1-4(2)3;;/h;(H2,1,2,3,4);(H-,1,2,3);;/q+2;;;2*-1/p+1. The SMILES string of the molecule is O=S(=O)(O)O.O=[P+](O)O.[Ca+2].[H-].[H-]. The van der Waals surface area contributed by atoms with E-state index in [0.29, 0.717) is 0 Å². The van der Waals surface area contributed by atoms with Crippen LogP contribution in [0.5, 0.6) is 0 Å². The largest absolute Gasteiger partial charge is 2.00 e. The first-order chi connectivity index (χ1) is 3.73. The Morgan fingerprint density at radius 1 is 1.20 bits per heavy atom. The van der Waals surface area contributed by atoms with Crippen molar-refractivity contribution in [2.75, 3.05) is 0 Å². The summed E-state index contributed by atoms with van der Waals surface area (Å²) in [5, 5.41) is 0. The summed E-state index contributed by atoms with van der Waals surface area (Å²) >= 11 is 0. The molecule has 0 aliphatic rings. The Kier molecular flexibility index (Phi) is 14.3. The molecule has 0 spiro atoms. The first-order valence-electron chi connectivity index (χ1n) is 1.28. The molecule has 0 radical (unpaired) electrons. The van der Waals surface area contributed by atoms with Gasteiger partial charge in [-0.3, -0.25) is 9.11 Å².